The van der Waals surface area contributed by atoms with E-state index >= 15 is 0 Å². The van der Waals surface area contributed by atoms with Gasteiger partial charge in [-0.25, -0.2) is 0 Å². The van der Waals surface area contributed by atoms with E-state index < -0.39 is 12.1 Å². The lowest BCUT2D eigenvalue weighted by Crippen LogP contribution is -2.45. The number of ether oxygens (including phenoxy) is 1. The Morgan fingerprint density at radius 2 is 0.610 bits per heavy atom. The molecule has 0 aliphatic heterocycles. The predicted molar refractivity (Wildman–Crippen MR) is 361 cm³/mol. The van der Waals surface area contributed by atoms with Crippen molar-refractivity contribution in [3.05, 3.63) is 24.3 Å². The predicted octanol–water partition coefficient (Wildman–Crippen LogP) is 24.5. The Labute approximate surface area is 513 Å². The fraction of sp³-hybridized carbons (Fsp3) is 0.921. The van der Waals surface area contributed by atoms with E-state index in [1.807, 2.05) is 0 Å². The van der Waals surface area contributed by atoms with Gasteiger partial charge in [0.15, 0.2) is 0 Å². The van der Waals surface area contributed by atoms with Crippen molar-refractivity contribution in [1.82, 2.24) is 5.32 Å². The Kier molecular flexibility index (Phi) is 70.4. The number of carbonyl (C=O) groups is 2. The molecule has 0 aliphatic carbocycles. The van der Waals surface area contributed by atoms with E-state index in [4.69, 9.17) is 4.74 Å². The highest BCUT2D eigenvalue weighted by atomic mass is 16.5. The standard InChI is InChI=1S/C76H147NO5/c1-3-5-7-9-11-13-15-17-19-21-23-30-33-36-40-44-48-52-56-60-64-68-74(79)73(72-78)77-75(80)69-65-61-57-53-49-45-41-37-34-31-28-26-24-25-27-29-32-35-39-43-47-51-55-59-63-67-71-82-76(81)70-66-62-58-54-50-46-42-38-22-20-18-16-14-12-10-8-6-4-2/h14,16,20,22,73-74,78-79H,3-13,15,17-19,21,23-72H2,1-2H3,(H,77,80)/b16-14-,22-20-. The first kappa shape index (κ1) is 80.3. The molecule has 0 spiro atoms. The van der Waals surface area contributed by atoms with E-state index in [0.29, 0.717) is 25.9 Å². The first-order valence-corrected chi connectivity index (χ1v) is 37.6. The molecule has 0 aliphatic rings. The van der Waals surface area contributed by atoms with Crippen molar-refractivity contribution in [2.45, 2.75) is 437 Å². The third-order valence-corrected chi connectivity index (χ3v) is 17.8. The Hall–Kier alpha value is -1.66. The molecule has 0 bridgehead atoms. The zero-order chi connectivity index (χ0) is 59.2. The van der Waals surface area contributed by atoms with Gasteiger partial charge in [0.2, 0.25) is 5.91 Å². The van der Waals surface area contributed by atoms with E-state index in [1.54, 1.807) is 0 Å². The van der Waals surface area contributed by atoms with Crippen LogP contribution < -0.4 is 5.32 Å². The van der Waals surface area contributed by atoms with Crippen LogP contribution in [0, 0.1) is 0 Å². The third-order valence-electron chi connectivity index (χ3n) is 17.8. The minimum Gasteiger partial charge on any atom is -0.466 e. The Balaban J connectivity index is 3.35. The molecule has 6 nitrogen and oxygen atoms in total. The Morgan fingerprint density at radius 1 is 0.341 bits per heavy atom. The summed E-state index contributed by atoms with van der Waals surface area (Å²) in [4.78, 5) is 24.7. The Bertz CT molecular complexity index is 1280. The van der Waals surface area contributed by atoms with Crippen molar-refractivity contribution in [3.8, 4) is 0 Å². The molecular formula is C76H147NO5. The third kappa shape index (κ3) is 67.5. The maximum absolute atomic E-state index is 12.6. The van der Waals surface area contributed by atoms with E-state index in [0.717, 1.165) is 51.4 Å². The fourth-order valence-corrected chi connectivity index (χ4v) is 12.0. The van der Waals surface area contributed by atoms with Crippen LogP contribution in [0.15, 0.2) is 24.3 Å². The fourth-order valence-electron chi connectivity index (χ4n) is 12.0. The van der Waals surface area contributed by atoms with Gasteiger partial charge in [0.05, 0.1) is 25.4 Å². The molecule has 2 unspecified atom stereocenters. The Morgan fingerprint density at radius 3 is 0.939 bits per heavy atom. The summed E-state index contributed by atoms with van der Waals surface area (Å²) in [6, 6.07) is -0.541. The van der Waals surface area contributed by atoms with Crippen LogP contribution in [0.4, 0.5) is 0 Å². The number of rotatable bonds is 71. The number of nitrogens with one attached hydrogen (secondary N) is 1. The maximum atomic E-state index is 12.6. The molecule has 1 amide bonds. The summed E-state index contributed by atoms with van der Waals surface area (Å²) >= 11 is 0. The quantitative estimate of drug-likeness (QED) is 0.0320. The number of esters is 1. The summed E-state index contributed by atoms with van der Waals surface area (Å²) in [6.45, 7) is 4.98. The summed E-state index contributed by atoms with van der Waals surface area (Å²) in [5.41, 5.74) is 0. The molecule has 0 radical (unpaired) electrons. The van der Waals surface area contributed by atoms with Crippen LogP contribution in [0.5, 0.6) is 0 Å². The molecule has 0 saturated heterocycles. The highest BCUT2D eigenvalue weighted by Crippen LogP contribution is 2.20. The van der Waals surface area contributed by atoms with Crippen molar-refractivity contribution in [2.75, 3.05) is 13.2 Å². The van der Waals surface area contributed by atoms with Crippen molar-refractivity contribution in [3.63, 3.8) is 0 Å². The summed E-state index contributed by atoms with van der Waals surface area (Å²) in [5.74, 6) is -0.0169. The zero-order valence-corrected chi connectivity index (χ0v) is 55.8. The molecule has 0 aromatic heterocycles. The largest absolute Gasteiger partial charge is 0.466 e. The molecular weight excluding hydrogens is 1010 g/mol. The molecule has 0 rings (SSSR count). The van der Waals surface area contributed by atoms with Gasteiger partial charge in [0.25, 0.3) is 0 Å². The van der Waals surface area contributed by atoms with Crippen LogP contribution in [-0.2, 0) is 14.3 Å². The van der Waals surface area contributed by atoms with Crippen LogP contribution in [-0.4, -0.2) is 47.4 Å². The average molecular weight is 1160 g/mol. The second-order valence-corrected chi connectivity index (χ2v) is 26.0. The molecule has 0 heterocycles. The number of aliphatic hydroxyl groups excluding tert-OH is 2. The molecule has 0 aromatic rings. The lowest BCUT2D eigenvalue weighted by Gasteiger charge is -2.22. The number of hydrogen-bond donors (Lipinski definition) is 3. The number of unbranched alkanes of at least 4 members (excludes halogenated alkanes) is 56. The number of hydrogen-bond acceptors (Lipinski definition) is 5. The van der Waals surface area contributed by atoms with Gasteiger partial charge in [-0.15, -0.1) is 0 Å². The highest BCUT2D eigenvalue weighted by molar-refractivity contribution is 5.76. The maximum Gasteiger partial charge on any atom is 0.305 e. The van der Waals surface area contributed by atoms with Crippen molar-refractivity contribution in [2.24, 2.45) is 0 Å². The van der Waals surface area contributed by atoms with E-state index in [1.165, 1.54) is 340 Å². The van der Waals surface area contributed by atoms with Crippen LogP contribution in [0.25, 0.3) is 0 Å². The van der Waals surface area contributed by atoms with E-state index in [-0.39, 0.29) is 18.5 Å². The summed E-state index contributed by atoms with van der Waals surface area (Å²) in [7, 11) is 0. The lowest BCUT2D eigenvalue weighted by molar-refractivity contribution is -0.143. The molecule has 0 saturated carbocycles. The number of carbonyl (C=O) groups excluding carboxylic acids is 2. The van der Waals surface area contributed by atoms with Gasteiger partial charge in [-0.3, -0.25) is 9.59 Å². The van der Waals surface area contributed by atoms with E-state index in [2.05, 4.69) is 43.5 Å². The zero-order valence-electron chi connectivity index (χ0n) is 55.8. The molecule has 2 atom stereocenters. The average Bonchev–Trinajstić information content (AvgIpc) is 3.48. The molecule has 0 fully saturated rings. The van der Waals surface area contributed by atoms with E-state index in [9.17, 15) is 19.8 Å². The smallest absolute Gasteiger partial charge is 0.305 e. The number of amides is 1. The summed E-state index contributed by atoms with van der Waals surface area (Å²) in [6.07, 6.45) is 91.0. The molecule has 0 aromatic carbocycles. The molecule has 6 heteroatoms. The van der Waals surface area contributed by atoms with Gasteiger partial charge in [-0.1, -0.05) is 378 Å². The van der Waals surface area contributed by atoms with Crippen molar-refractivity contribution >= 4 is 11.9 Å². The number of allylic oxidation sites excluding steroid dienone is 4. The van der Waals surface area contributed by atoms with Gasteiger partial charge in [0.1, 0.15) is 0 Å². The molecule has 486 valence electrons. The minimum atomic E-state index is -0.664. The minimum absolute atomic E-state index is 0.0110. The lowest BCUT2D eigenvalue weighted by atomic mass is 10.0. The topological polar surface area (TPSA) is 95.9 Å². The van der Waals surface area contributed by atoms with Crippen LogP contribution in [0.2, 0.25) is 0 Å². The second-order valence-electron chi connectivity index (χ2n) is 26.0. The van der Waals surface area contributed by atoms with Crippen molar-refractivity contribution in [1.29, 1.82) is 0 Å². The van der Waals surface area contributed by atoms with Gasteiger partial charge >= 0.3 is 5.97 Å². The van der Waals surface area contributed by atoms with Crippen LogP contribution in [0.3, 0.4) is 0 Å². The van der Waals surface area contributed by atoms with Crippen LogP contribution >= 0.6 is 0 Å². The first-order chi connectivity index (χ1) is 40.5. The van der Waals surface area contributed by atoms with Gasteiger partial charge in [-0.2, -0.15) is 0 Å². The second kappa shape index (κ2) is 71.8. The van der Waals surface area contributed by atoms with Crippen molar-refractivity contribution < 1.29 is 24.5 Å². The first-order valence-electron chi connectivity index (χ1n) is 37.6. The molecule has 82 heavy (non-hydrogen) atoms. The van der Waals surface area contributed by atoms with Crippen LogP contribution in [0.1, 0.15) is 425 Å². The highest BCUT2D eigenvalue weighted by Gasteiger charge is 2.20. The summed E-state index contributed by atoms with van der Waals surface area (Å²) < 4.78 is 5.51. The monoisotopic (exact) mass is 1150 g/mol. The van der Waals surface area contributed by atoms with Gasteiger partial charge in [-0.05, 0) is 57.8 Å². The molecule has 3 N–H and O–H groups in total. The normalized spacial score (nSPS) is 12.6. The summed E-state index contributed by atoms with van der Waals surface area (Å²) in [5, 5.41) is 23.4. The van der Waals surface area contributed by atoms with Gasteiger partial charge < -0.3 is 20.3 Å². The van der Waals surface area contributed by atoms with Gasteiger partial charge in [0, 0.05) is 12.8 Å². The SMILES string of the molecule is CCCCCC/C=C\C/C=C\CCCCCCCCCC(=O)OCCCCCCCCCCCCCCCCCCCCCCCCCCCCC(=O)NC(CO)C(O)CCCCCCCCCCCCCCCCCCCCCCC. The number of aliphatic hydroxyl groups is 2.